The lowest BCUT2D eigenvalue weighted by Gasteiger charge is -2.21. The van der Waals surface area contributed by atoms with Crippen molar-refractivity contribution < 1.29 is 13.3 Å². The lowest BCUT2D eigenvalue weighted by molar-refractivity contribution is 0.661. The van der Waals surface area contributed by atoms with Crippen LogP contribution in [0.15, 0.2) is 377 Å². The van der Waals surface area contributed by atoms with Crippen LogP contribution >= 0.6 is 0 Å². The zero-order chi connectivity index (χ0) is 80.0. The molecule has 0 unspecified atom stereocenters. The maximum Gasteiger partial charge on any atom is 0.167 e. The number of hydrogen-bond donors (Lipinski definition) is 0. The summed E-state index contributed by atoms with van der Waals surface area (Å²) in [5.41, 5.74) is 26.6. The van der Waals surface area contributed by atoms with E-state index in [1.807, 2.05) is 194 Å². The van der Waals surface area contributed by atoms with Gasteiger partial charge in [-0.25, -0.2) is 44.9 Å². The van der Waals surface area contributed by atoms with Crippen LogP contribution in [0.25, 0.3) is 240 Å². The van der Waals surface area contributed by atoms with E-state index in [1.54, 1.807) is 0 Å². The second-order valence-corrected chi connectivity index (χ2v) is 31.5. The Labute approximate surface area is 693 Å². The Kier molecular flexibility index (Phi) is 15.7. The van der Waals surface area contributed by atoms with Gasteiger partial charge in [0, 0.05) is 98.7 Å². The van der Waals surface area contributed by atoms with Crippen molar-refractivity contribution in [1.82, 2.24) is 49.4 Å². The first-order valence-corrected chi connectivity index (χ1v) is 40.5. The van der Waals surface area contributed by atoms with E-state index >= 15 is 0 Å². The molecule has 1 aliphatic rings. The summed E-state index contributed by atoms with van der Waals surface area (Å²) < 4.78 is 22.8. The molecule has 7 aromatic heterocycles. The molecule has 24 rings (SSSR count). The molecule has 7 heterocycles. The van der Waals surface area contributed by atoms with Gasteiger partial charge in [0.25, 0.3) is 0 Å². The Hall–Kier alpha value is -16.3. The Morgan fingerprint density at radius 1 is 0.207 bits per heavy atom. The summed E-state index contributed by atoms with van der Waals surface area (Å²) in [6.45, 7) is 4.71. The van der Waals surface area contributed by atoms with Crippen LogP contribution < -0.4 is 0 Å². The van der Waals surface area contributed by atoms with E-state index in [1.165, 1.54) is 27.6 Å². The van der Waals surface area contributed by atoms with E-state index in [0.717, 1.165) is 160 Å². The Bertz CT molecular complexity index is 8050. The highest BCUT2D eigenvalue weighted by atomic mass is 16.3. The minimum absolute atomic E-state index is 0.227. The molecule has 23 aromatic rings. The maximum absolute atomic E-state index is 6.91. The van der Waals surface area contributed by atoms with E-state index in [9.17, 15) is 0 Å². The van der Waals surface area contributed by atoms with Crippen LogP contribution in [-0.4, -0.2) is 49.4 Å². The molecule has 0 spiro atoms. The highest BCUT2D eigenvalue weighted by Gasteiger charge is 2.37. The van der Waals surface area contributed by atoms with Crippen LogP contribution in [0.2, 0.25) is 0 Å². The molecule has 0 fully saturated rings. The van der Waals surface area contributed by atoms with Crippen molar-refractivity contribution in [2.24, 2.45) is 0 Å². The third-order valence-corrected chi connectivity index (χ3v) is 24.0. The first kappa shape index (κ1) is 69.1. The van der Waals surface area contributed by atoms with E-state index in [2.05, 4.69) is 188 Å². The Morgan fingerprint density at radius 3 is 1.13 bits per heavy atom. The molecule has 0 amide bonds. The molecule has 121 heavy (non-hydrogen) atoms. The summed E-state index contributed by atoms with van der Waals surface area (Å²) in [6, 6.07) is 126. The van der Waals surface area contributed by atoms with Crippen molar-refractivity contribution >= 4 is 87.6 Å². The smallest absolute Gasteiger partial charge is 0.167 e. The van der Waals surface area contributed by atoms with Gasteiger partial charge in [-0.05, 0) is 153 Å². The minimum atomic E-state index is -0.227. The second-order valence-electron chi connectivity index (χ2n) is 31.5. The van der Waals surface area contributed by atoms with Crippen LogP contribution in [0.3, 0.4) is 0 Å². The van der Waals surface area contributed by atoms with Gasteiger partial charge in [0.2, 0.25) is 0 Å². The van der Waals surface area contributed by atoms with Gasteiger partial charge in [0.1, 0.15) is 33.5 Å². The van der Waals surface area contributed by atoms with E-state index < -0.39 is 0 Å². The number of furan rings is 3. The van der Waals surface area contributed by atoms with Crippen LogP contribution in [0.5, 0.6) is 0 Å². The summed E-state index contributed by atoms with van der Waals surface area (Å²) >= 11 is 0. The second kappa shape index (κ2) is 27.5. The van der Waals surface area contributed by atoms with Crippen molar-refractivity contribution in [2.75, 3.05) is 0 Å². The quantitative estimate of drug-likeness (QED) is 0.108. The predicted molar refractivity (Wildman–Crippen MR) is 486 cm³/mol. The lowest BCUT2D eigenvalue weighted by Crippen LogP contribution is -2.14. The molecule has 0 aliphatic heterocycles. The molecule has 13 heteroatoms. The van der Waals surface area contributed by atoms with Crippen molar-refractivity contribution in [3.8, 4) is 153 Å². The molecule has 0 N–H and O–H groups in total. The van der Waals surface area contributed by atoms with Gasteiger partial charge in [0.15, 0.2) is 52.4 Å². The molecule has 0 atom stereocenters. The standard InChI is InChI=1S/C108H66N10O3/c1-108(2)87-41-19-18-36-76(87)82-61-84-83-57-70(71-48-54-91-85(58-71)96-79(38-22-42-93(96)119-91)105-112-99(64-24-8-3-9-25-64)109-100(113-105)65-26-10-4-11-27-65)47-53-89(83)118(90(84)62-88(82)108)75-50-44-63(45-51-75)69-34-20-35-74(56-69)104-111-103(68-32-16-7-17-33-68)114-106(117-104)80-39-23-43-94-97(80)86-59-72(49-55-92(86)120-94)73-46-52-77-78-37-21-40-81(98(78)121-95(77)60-73)107-115-101(66-28-12-5-13-29-66)110-102(116-107)67-30-14-6-15-31-67/h3-62H,1-2H3. The molecule has 13 nitrogen and oxygen atoms in total. The summed E-state index contributed by atoms with van der Waals surface area (Å²) in [7, 11) is 0. The van der Waals surface area contributed by atoms with Gasteiger partial charge in [-0.1, -0.05) is 281 Å². The molecule has 0 saturated carbocycles. The largest absolute Gasteiger partial charge is 0.456 e. The molecule has 1 aliphatic carbocycles. The van der Waals surface area contributed by atoms with Crippen molar-refractivity contribution in [2.45, 2.75) is 19.3 Å². The summed E-state index contributed by atoms with van der Waals surface area (Å²) in [4.78, 5) is 46.5. The number of para-hydroxylation sites is 1. The fourth-order valence-corrected chi connectivity index (χ4v) is 18.1. The topological polar surface area (TPSA) is 160 Å². The molecule has 0 saturated heterocycles. The number of aromatic nitrogens is 10. The van der Waals surface area contributed by atoms with E-state index in [-0.39, 0.29) is 5.41 Å². The maximum atomic E-state index is 6.91. The van der Waals surface area contributed by atoms with Gasteiger partial charge in [-0.15, -0.1) is 0 Å². The number of nitrogens with zero attached hydrogens (tertiary/aromatic N) is 10. The summed E-state index contributed by atoms with van der Waals surface area (Å²) in [5.74, 6) is 5.07. The fourth-order valence-electron chi connectivity index (χ4n) is 18.1. The number of fused-ring (bicyclic) bond motifs is 15. The molecular formula is C108H66N10O3. The minimum Gasteiger partial charge on any atom is -0.456 e. The van der Waals surface area contributed by atoms with Crippen molar-refractivity contribution in [3.63, 3.8) is 0 Å². The first-order valence-electron chi connectivity index (χ1n) is 40.5. The molecule has 0 radical (unpaired) electrons. The van der Waals surface area contributed by atoms with Crippen molar-refractivity contribution in [1.29, 1.82) is 0 Å². The lowest BCUT2D eigenvalue weighted by atomic mass is 9.82. The van der Waals surface area contributed by atoms with Crippen LogP contribution in [0, 0.1) is 0 Å². The molecule has 16 aromatic carbocycles. The van der Waals surface area contributed by atoms with E-state index in [4.69, 9.17) is 58.1 Å². The van der Waals surface area contributed by atoms with Crippen LogP contribution in [0.1, 0.15) is 25.0 Å². The van der Waals surface area contributed by atoms with Gasteiger partial charge in [-0.3, -0.25) is 0 Å². The van der Waals surface area contributed by atoms with Gasteiger partial charge in [-0.2, -0.15) is 0 Å². The third-order valence-electron chi connectivity index (χ3n) is 24.0. The van der Waals surface area contributed by atoms with Gasteiger partial charge < -0.3 is 17.8 Å². The van der Waals surface area contributed by atoms with Gasteiger partial charge >= 0.3 is 0 Å². The molecule has 566 valence electrons. The zero-order valence-electron chi connectivity index (χ0n) is 65.3. The average Bonchev–Trinajstić information content (AvgIpc) is 1.55. The van der Waals surface area contributed by atoms with Gasteiger partial charge in [0.05, 0.1) is 16.6 Å². The Balaban J connectivity index is 0.582. The zero-order valence-corrected chi connectivity index (χ0v) is 65.3. The summed E-state index contributed by atoms with van der Waals surface area (Å²) in [5, 5.41) is 8.00. The fraction of sp³-hybridized carbons (Fsp3) is 0.0278. The van der Waals surface area contributed by atoms with Crippen LogP contribution in [0.4, 0.5) is 0 Å². The third kappa shape index (κ3) is 11.6. The highest BCUT2D eigenvalue weighted by Crippen LogP contribution is 2.52. The summed E-state index contributed by atoms with van der Waals surface area (Å²) in [6.07, 6.45) is 0. The average molecular weight is 1550 g/mol. The molecular weight excluding hydrogens is 1490 g/mol. The Morgan fingerprint density at radius 2 is 0.595 bits per heavy atom. The number of hydrogen-bond acceptors (Lipinski definition) is 12. The highest BCUT2D eigenvalue weighted by molar-refractivity contribution is 6.17. The predicted octanol–water partition coefficient (Wildman–Crippen LogP) is 27.3. The first-order chi connectivity index (χ1) is 59.7. The SMILES string of the molecule is CC1(C)c2ccccc2-c2cc3c4cc(-c5ccc6oc7cccc(-c8nc(-c9ccccc9)nc(-c9ccccc9)n8)c7c6c5)ccc4n(-c4ccc(-c5cccc(-c6nc(-c7ccccc7)nc(-c7cccc8oc9ccc(-c%10ccc%11c(c%10)oc%10c(-c%12nc(-c%13ccccc%13)nc(-c%13ccccc%13)n%12)cccc%10%11)cc9c78)n6)c5)cc4)c3cc21. The normalized spacial score (nSPS) is 12.4. The van der Waals surface area contributed by atoms with E-state index in [0.29, 0.717) is 63.6 Å². The van der Waals surface area contributed by atoms with Crippen LogP contribution in [-0.2, 0) is 5.41 Å². The monoisotopic (exact) mass is 1550 g/mol. The number of benzene rings is 16. The molecule has 0 bridgehead atoms. The number of rotatable bonds is 13. The van der Waals surface area contributed by atoms with Crippen molar-refractivity contribution in [3.05, 3.63) is 375 Å².